The molecule has 1 atom stereocenters. The highest BCUT2D eigenvalue weighted by molar-refractivity contribution is 7.90. The molecule has 0 spiro atoms. The van der Waals surface area contributed by atoms with E-state index in [4.69, 9.17) is 9.47 Å². The van der Waals surface area contributed by atoms with E-state index in [9.17, 15) is 18.0 Å². The highest BCUT2D eigenvalue weighted by Gasteiger charge is 2.24. The average Bonchev–Trinajstić information content (AvgIpc) is 2.77. The average molecular weight is 492 g/mol. The molecule has 3 N–H and O–H groups in total. The second-order valence-electron chi connectivity index (χ2n) is 8.91. The smallest absolute Gasteiger partial charge is 0.328 e. The van der Waals surface area contributed by atoms with Gasteiger partial charge in [0.1, 0.15) is 16.4 Å². The number of hydrogen-bond acceptors (Lipinski definition) is 6. The lowest BCUT2D eigenvalue weighted by Crippen LogP contribution is -2.37. The maximum Gasteiger partial charge on any atom is 0.328 e. The minimum absolute atomic E-state index is 0.0978. The van der Waals surface area contributed by atoms with E-state index in [0.29, 0.717) is 23.3 Å². The van der Waals surface area contributed by atoms with Gasteiger partial charge in [0.2, 0.25) is 0 Å². The SMILES string of the molecule is CNC(=O)NS(=O)(=O)c1cc(CC(C)NC(=O)c2cc(C(C)(C)C)ccc2OC)ccc1OC. The molecule has 0 fully saturated rings. The molecule has 10 heteroatoms. The highest BCUT2D eigenvalue weighted by Crippen LogP contribution is 2.28. The minimum atomic E-state index is -4.16. The lowest BCUT2D eigenvalue weighted by atomic mass is 9.86. The molecule has 2 aromatic rings. The highest BCUT2D eigenvalue weighted by atomic mass is 32.2. The van der Waals surface area contributed by atoms with Gasteiger partial charge in [0, 0.05) is 13.1 Å². The van der Waals surface area contributed by atoms with Crippen LogP contribution in [-0.4, -0.2) is 47.7 Å². The molecular weight excluding hydrogens is 458 g/mol. The number of methoxy groups -OCH3 is 2. The van der Waals surface area contributed by atoms with Crippen molar-refractivity contribution >= 4 is 22.0 Å². The van der Waals surface area contributed by atoms with Crippen LogP contribution in [0, 0.1) is 0 Å². The van der Waals surface area contributed by atoms with Crippen molar-refractivity contribution in [2.75, 3.05) is 21.3 Å². The largest absolute Gasteiger partial charge is 0.496 e. The van der Waals surface area contributed by atoms with Gasteiger partial charge in [-0.2, -0.15) is 0 Å². The number of amides is 3. The van der Waals surface area contributed by atoms with E-state index in [2.05, 4.69) is 31.4 Å². The second kappa shape index (κ2) is 10.8. The van der Waals surface area contributed by atoms with Gasteiger partial charge < -0.3 is 20.1 Å². The van der Waals surface area contributed by atoms with Crippen molar-refractivity contribution in [2.24, 2.45) is 0 Å². The Labute approximate surface area is 201 Å². The summed E-state index contributed by atoms with van der Waals surface area (Å²) in [6.45, 7) is 8.01. The predicted octanol–water partition coefficient (Wildman–Crippen LogP) is 2.98. The van der Waals surface area contributed by atoms with E-state index in [1.165, 1.54) is 33.4 Å². The first-order valence-corrected chi connectivity index (χ1v) is 12.2. The Morgan fingerprint density at radius 2 is 1.62 bits per heavy atom. The molecule has 0 bridgehead atoms. The molecule has 9 nitrogen and oxygen atoms in total. The van der Waals surface area contributed by atoms with Crippen LogP contribution in [0.4, 0.5) is 4.79 Å². The zero-order valence-electron chi connectivity index (χ0n) is 20.6. The van der Waals surface area contributed by atoms with Crippen molar-refractivity contribution in [1.82, 2.24) is 15.4 Å². The monoisotopic (exact) mass is 491 g/mol. The predicted molar refractivity (Wildman–Crippen MR) is 130 cm³/mol. The van der Waals surface area contributed by atoms with Crippen LogP contribution in [0.3, 0.4) is 0 Å². The summed E-state index contributed by atoms with van der Waals surface area (Å²) in [5.41, 5.74) is 1.93. The third-order valence-corrected chi connectivity index (χ3v) is 6.55. The number of nitrogens with one attached hydrogen (secondary N) is 3. The summed E-state index contributed by atoms with van der Waals surface area (Å²) in [6, 6.07) is 8.99. The van der Waals surface area contributed by atoms with Gasteiger partial charge in [0.15, 0.2) is 0 Å². The number of ether oxygens (including phenoxy) is 2. The van der Waals surface area contributed by atoms with Crippen LogP contribution < -0.4 is 24.8 Å². The summed E-state index contributed by atoms with van der Waals surface area (Å²) in [5.74, 6) is 0.273. The van der Waals surface area contributed by atoms with Crippen LogP contribution in [0.15, 0.2) is 41.3 Å². The Morgan fingerprint density at radius 1 is 1.00 bits per heavy atom. The molecule has 0 radical (unpaired) electrons. The zero-order valence-corrected chi connectivity index (χ0v) is 21.4. The van der Waals surface area contributed by atoms with Crippen LogP contribution in [0.5, 0.6) is 11.5 Å². The molecule has 0 saturated carbocycles. The van der Waals surface area contributed by atoms with Gasteiger partial charge in [0.25, 0.3) is 15.9 Å². The summed E-state index contributed by atoms with van der Waals surface area (Å²) in [5, 5.41) is 5.15. The van der Waals surface area contributed by atoms with Gasteiger partial charge in [-0.3, -0.25) is 4.79 Å². The van der Waals surface area contributed by atoms with Crippen LogP contribution >= 0.6 is 0 Å². The molecule has 186 valence electrons. The summed E-state index contributed by atoms with van der Waals surface area (Å²) in [6.07, 6.45) is 0.347. The Balaban J connectivity index is 2.26. The van der Waals surface area contributed by atoms with Crippen LogP contribution in [0.25, 0.3) is 0 Å². The fraction of sp³-hybridized carbons (Fsp3) is 0.417. The van der Waals surface area contributed by atoms with E-state index in [-0.39, 0.29) is 28.0 Å². The molecule has 0 heterocycles. The summed E-state index contributed by atoms with van der Waals surface area (Å²) >= 11 is 0. The van der Waals surface area contributed by atoms with Gasteiger partial charge in [-0.25, -0.2) is 17.9 Å². The van der Waals surface area contributed by atoms with Crippen molar-refractivity contribution in [3.05, 3.63) is 53.1 Å². The molecule has 34 heavy (non-hydrogen) atoms. The third kappa shape index (κ3) is 6.63. The lowest BCUT2D eigenvalue weighted by Gasteiger charge is -2.22. The summed E-state index contributed by atoms with van der Waals surface area (Å²) < 4.78 is 37.7. The molecule has 2 rings (SSSR count). The van der Waals surface area contributed by atoms with Crippen molar-refractivity contribution in [3.8, 4) is 11.5 Å². The lowest BCUT2D eigenvalue weighted by molar-refractivity contribution is 0.0937. The van der Waals surface area contributed by atoms with Gasteiger partial charge in [-0.05, 0) is 54.2 Å². The van der Waals surface area contributed by atoms with E-state index in [0.717, 1.165) is 5.56 Å². The number of sulfonamides is 1. The Kier molecular flexibility index (Phi) is 8.55. The third-order valence-electron chi connectivity index (χ3n) is 5.20. The first kappa shape index (κ1) is 27.0. The van der Waals surface area contributed by atoms with Gasteiger partial charge in [-0.15, -0.1) is 0 Å². The molecule has 0 aromatic heterocycles. The van der Waals surface area contributed by atoms with Crippen LogP contribution in [0.1, 0.15) is 49.2 Å². The molecule has 2 aromatic carbocycles. The Bertz CT molecular complexity index is 1160. The molecular formula is C24H33N3O6S. The molecule has 0 aliphatic carbocycles. The van der Waals surface area contributed by atoms with E-state index < -0.39 is 16.1 Å². The topological polar surface area (TPSA) is 123 Å². The summed E-state index contributed by atoms with van der Waals surface area (Å²) in [4.78, 5) is 24.4. The van der Waals surface area contributed by atoms with Gasteiger partial charge >= 0.3 is 6.03 Å². The first-order valence-electron chi connectivity index (χ1n) is 10.7. The van der Waals surface area contributed by atoms with Crippen molar-refractivity contribution in [3.63, 3.8) is 0 Å². The number of carbonyl (C=O) groups excluding carboxylic acids is 2. The van der Waals surface area contributed by atoms with Crippen molar-refractivity contribution < 1.29 is 27.5 Å². The van der Waals surface area contributed by atoms with Crippen LogP contribution in [0.2, 0.25) is 0 Å². The van der Waals surface area contributed by atoms with Crippen molar-refractivity contribution in [1.29, 1.82) is 0 Å². The normalized spacial score (nSPS) is 12.4. The quantitative estimate of drug-likeness (QED) is 0.522. The summed E-state index contributed by atoms with van der Waals surface area (Å²) in [7, 11) is 0.0126. The standard InChI is InChI=1S/C24H33N3O6S/c1-15(26-22(28)18-14-17(24(2,3)4)9-11-19(18)32-6)12-16-8-10-20(33-7)21(13-16)34(30,31)27-23(29)25-5/h8-11,13-15H,12H2,1-7H3,(H,26,28)(H2,25,27,29). The van der Waals surface area contributed by atoms with E-state index in [1.54, 1.807) is 12.1 Å². The van der Waals surface area contributed by atoms with Crippen molar-refractivity contribution in [2.45, 2.75) is 50.5 Å². The Morgan fingerprint density at radius 3 is 2.18 bits per heavy atom. The maximum atomic E-state index is 13.0. The molecule has 3 amide bonds. The number of urea groups is 1. The maximum absolute atomic E-state index is 13.0. The molecule has 0 aliphatic heterocycles. The van der Waals surface area contributed by atoms with Crippen LogP contribution in [-0.2, 0) is 21.9 Å². The second-order valence-corrected chi connectivity index (χ2v) is 10.6. The number of benzene rings is 2. The van der Waals surface area contributed by atoms with Gasteiger partial charge in [0.05, 0.1) is 19.8 Å². The molecule has 0 saturated heterocycles. The zero-order chi connectivity index (χ0) is 25.7. The number of rotatable bonds is 8. The van der Waals surface area contributed by atoms with E-state index >= 15 is 0 Å². The molecule has 1 unspecified atom stereocenters. The number of carbonyl (C=O) groups is 2. The Hall–Kier alpha value is -3.27. The molecule has 0 aliphatic rings. The number of hydrogen-bond donors (Lipinski definition) is 3. The fourth-order valence-corrected chi connectivity index (χ4v) is 4.52. The minimum Gasteiger partial charge on any atom is -0.496 e. The fourth-order valence-electron chi connectivity index (χ4n) is 3.34. The van der Waals surface area contributed by atoms with E-state index in [1.807, 2.05) is 23.8 Å². The first-order chi connectivity index (χ1) is 15.8. The van der Waals surface area contributed by atoms with Gasteiger partial charge in [-0.1, -0.05) is 32.9 Å².